The number of nitrogens with one attached hydrogen (secondary N) is 1. The summed E-state index contributed by atoms with van der Waals surface area (Å²) in [4.78, 5) is 5.07. The number of phenolic OH excluding ortho intramolecular Hbond substituents is 1. The molecule has 18 heavy (non-hydrogen) atoms. The molecule has 0 radical (unpaired) electrons. The van der Waals surface area contributed by atoms with Crippen LogP contribution in [0.15, 0.2) is 34.7 Å². The van der Waals surface area contributed by atoms with Crippen LogP contribution < -0.4 is 4.72 Å². The molecule has 2 rings (SSSR count). The van der Waals surface area contributed by atoms with E-state index < -0.39 is 10.0 Å². The van der Waals surface area contributed by atoms with E-state index in [0.717, 1.165) is 10.6 Å². The predicted octanol–water partition coefficient (Wildman–Crippen LogP) is 1.64. The fourth-order valence-electron chi connectivity index (χ4n) is 1.37. The van der Waals surface area contributed by atoms with Crippen LogP contribution in [0.2, 0.25) is 0 Å². The maximum atomic E-state index is 11.9. The van der Waals surface area contributed by atoms with Gasteiger partial charge in [0.15, 0.2) is 0 Å². The minimum atomic E-state index is -3.55. The largest absolute Gasteiger partial charge is 0.508 e. The summed E-state index contributed by atoms with van der Waals surface area (Å²) in [5.74, 6) is 0.0345. The van der Waals surface area contributed by atoms with E-state index in [1.54, 1.807) is 5.51 Å². The van der Waals surface area contributed by atoms with Gasteiger partial charge in [0.05, 0.1) is 16.1 Å². The number of hydrogen-bond acceptors (Lipinski definition) is 5. The fraction of sp³-hybridized carbons (Fsp3) is 0.182. The van der Waals surface area contributed by atoms with E-state index in [9.17, 15) is 8.42 Å². The van der Waals surface area contributed by atoms with Crippen LogP contribution in [0, 0.1) is 6.92 Å². The first kappa shape index (κ1) is 13.0. The van der Waals surface area contributed by atoms with Gasteiger partial charge in [0.25, 0.3) is 0 Å². The van der Waals surface area contributed by atoms with Gasteiger partial charge in [-0.15, -0.1) is 11.3 Å². The van der Waals surface area contributed by atoms with Crippen molar-refractivity contribution in [1.29, 1.82) is 0 Å². The van der Waals surface area contributed by atoms with Crippen LogP contribution in [0.1, 0.15) is 10.6 Å². The van der Waals surface area contributed by atoms with Crippen LogP contribution in [0.4, 0.5) is 0 Å². The standard InChI is InChI=1S/C11H12N2O3S2/c1-8-11(17-7-12-8)6-13-18(15,16)10-4-2-9(14)3-5-10/h2-5,7,13-14H,6H2,1H3. The molecule has 1 aromatic carbocycles. The summed E-state index contributed by atoms with van der Waals surface area (Å²) in [6, 6.07) is 5.40. The summed E-state index contributed by atoms with van der Waals surface area (Å²) < 4.78 is 26.4. The van der Waals surface area contributed by atoms with E-state index in [2.05, 4.69) is 9.71 Å². The number of nitrogens with zero attached hydrogens (tertiary/aromatic N) is 1. The average Bonchev–Trinajstić information content (AvgIpc) is 2.73. The molecule has 5 nitrogen and oxygen atoms in total. The van der Waals surface area contributed by atoms with Crippen LogP contribution in [-0.2, 0) is 16.6 Å². The Labute approximate surface area is 109 Å². The molecule has 0 saturated carbocycles. The van der Waals surface area contributed by atoms with Crippen LogP contribution >= 0.6 is 11.3 Å². The molecule has 0 fully saturated rings. The van der Waals surface area contributed by atoms with E-state index in [1.807, 2.05) is 6.92 Å². The van der Waals surface area contributed by atoms with Gasteiger partial charge in [-0.1, -0.05) is 0 Å². The molecule has 2 aromatic rings. The Hall–Kier alpha value is -1.44. The molecule has 1 heterocycles. The van der Waals surface area contributed by atoms with E-state index >= 15 is 0 Å². The molecule has 2 N–H and O–H groups in total. The molecule has 0 aliphatic carbocycles. The fourth-order valence-corrected chi connectivity index (χ4v) is 3.17. The second-order valence-corrected chi connectivity index (χ2v) is 6.39. The summed E-state index contributed by atoms with van der Waals surface area (Å²) in [6.07, 6.45) is 0. The first-order chi connectivity index (χ1) is 8.49. The van der Waals surface area contributed by atoms with Gasteiger partial charge in [-0.3, -0.25) is 0 Å². The van der Waals surface area contributed by atoms with Crippen molar-refractivity contribution in [2.45, 2.75) is 18.4 Å². The van der Waals surface area contributed by atoms with E-state index in [-0.39, 0.29) is 17.2 Å². The van der Waals surface area contributed by atoms with Crippen molar-refractivity contribution in [1.82, 2.24) is 9.71 Å². The van der Waals surface area contributed by atoms with E-state index in [0.29, 0.717) is 0 Å². The summed E-state index contributed by atoms with van der Waals surface area (Å²) in [5, 5.41) is 9.12. The van der Waals surface area contributed by atoms with E-state index in [4.69, 9.17) is 5.11 Å². The lowest BCUT2D eigenvalue weighted by molar-refractivity contribution is 0.474. The number of benzene rings is 1. The van der Waals surface area contributed by atoms with Gasteiger partial charge >= 0.3 is 0 Å². The summed E-state index contributed by atoms with van der Waals surface area (Å²) in [7, 11) is -3.55. The molecule has 1 aromatic heterocycles. The van der Waals surface area contributed by atoms with Crippen LogP contribution in [-0.4, -0.2) is 18.5 Å². The number of hydrogen-bond donors (Lipinski definition) is 2. The van der Waals surface area contributed by atoms with Gasteiger partial charge in [0, 0.05) is 11.4 Å². The molecule has 0 bridgehead atoms. The second kappa shape index (κ2) is 5.05. The third-order valence-electron chi connectivity index (χ3n) is 2.41. The number of sulfonamides is 1. The summed E-state index contributed by atoms with van der Waals surface area (Å²) in [6.45, 7) is 2.06. The second-order valence-electron chi connectivity index (χ2n) is 3.68. The summed E-state index contributed by atoms with van der Waals surface area (Å²) >= 11 is 1.41. The lowest BCUT2D eigenvalue weighted by atomic mass is 10.3. The smallest absolute Gasteiger partial charge is 0.240 e. The van der Waals surface area contributed by atoms with Crippen molar-refractivity contribution in [2.75, 3.05) is 0 Å². The molecule has 0 spiro atoms. The number of phenols is 1. The topological polar surface area (TPSA) is 79.3 Å². The van der Waals surface area contributed by atoms with Crippen molar-refractivity contribution >= 4 is 21.4 Å². The maximum Gasteiger partial charge on any atom is 0.240 e. The Morgan fingerprint density at radius 1 is 1.33 bits per heavy atom. The SMILES string of the molecule is Cc1ncsc1CNS(=O)(=O)c1ccc(O)cc1. The number of aromatic nitrogens is 1. The third-order valence-corrected chi connectivity index (χ3v) is 4.77. The number of rotatable bonds is 4. The third kappa shape index (κ3) is 2.87. The lowest BCUT2D eigenvalue weighted by Crippen LogP contribution is -2.23. The van der Waals surface area contributed by atoms with Crippen molar-refractivity contribution in [2.24, 2.45) is 0 Å². The highest BCUT2D eigenvalue weighted by atomic mass is 32.2. The lowest BCUT2D eigenvalue weighted by Gasteiger charge is -2.06. The molecule has 96 valence electrons. The number of aryl methyl sites for hydroxylation is 1. The van der Waals surface area contributed by atoms with Crippen LogP contribution in [0.25, 0.3) is 0 Å². The molecule has 0 saturated heterocycles. The average molecular weight is 284 g/mol. The molecule has 0 aliphatic rings. The van der Waals surface area contributed by atoms with Crippen molar-refractivity contribution in [3.63, 3.8) is 0 Å². The first-order valence-electron chi connectivity index (χ1n) is 5.17. The quantitative estimate of drug-likeness (QED) is 0.894. The van der Waals surface area contributed by atoms with Crippen LogP contribution in [0.3, 0.4) is 0 Å². The molecule has 7 heteroatoms. The maximum absolute atomic E-state index is 11.9. The zero-order chi connectivity index (χ0) is 13.2. The zero-order valence-corrected chi connectivity index (χ0v) is 11.3. The Bertz CT molecular complexity index is 633. The molecule has 0 amide bonds. The Morgan fingerprint density at radius 2 is 2.00 bits per heavy atom. The first-order valence-corrected chi connectivity index (χ1v) is 7.53. The van der Waals surface area contributed by atoms with Crippen LogP contribution in [0.5, 0.6) is 5.75 Å². The van der Waals surface area contributed by atoms with Gasteiger partial charge < -0.3 is 5.11 Å². The number of thiazole rings is 1. The van der Waals surface area contributed by atoms with Gasteiger partial charge in [0.2, 0.25) is 10.0 Å². The molecular formula is C11H12N2O3S2. The van der Waals surface area contributed by atoms with Gasteiger partial charge in [0.1, 0.15) is 5.75 Å². The van der Waals surface area contributed by atoms with Crippen molar-refractivity contribution in [3.05, 3.63) is 40.3 Å². The predicted molar refractivity (Wildman–Crippen MR) is 69.0 cm³/mol. The van der Waals surface area contributed by atoms with Crippen molar-refractivity contribution < 1.29 is 13.5 Å². The molecular weight excluding hydrogens is 272 g/mol. The van der Waals surface area contributed by atoms with Gasteiger partial charge in [-0.2, -0.15) is 0 Å². The zero-order valence-electron chi connectivity index (χ0n) is 9.62. The highest BCUT2D eigenvalue weighted by Crippen LogP contribution is 2.16. The molecule has 0 aliphatic heterocycles. The Kier molecular flexibility index (Phi) is 3.65. The number of aromatic hydroxyl groups is 1. The monoisotopic (exact) mass is 284 g/mol. The highest BCUT2D eigenvalue weighted by Gasteiger charge is 2.14. The summed E-state index contributed by atoms with van der Waals surface area (Å²) in [5.41, 5.74) is 2.51. The van der Waals surface area contributed by atoms with Gasteiger partial charge in [-0.05, 0) is 31.2 Å². The molecule has 0 unspecified atom stereocenters. The highest BCUT2D eigenvalue weighted by molar-refractivity contribution is 7.89. The minimum Gasteiger partial charge on any atom is -0.508 e. The molecule has 0 atom stereocenters. The van der Waals surface area contributed by atoms with Gasteiger partial charge in [-0.25, -0.2) is 18.1 Å². The normalized spacial score (nSPS) is 11.6. The Morgan fingerprint density at radius 3 is 2.56 bits per heavy atom. The van der Waals surface area contributed by atoms with Crippen molar-refractivity contribution in [3.8, 4) is 5.75 Å². The minimum absolute atomic E-state index is 0.0345. The Balaban J connectivity index is 2.13. The van der Waals surface area contributed by atoms with E-state index in [1.165, 1.54) is 35.6 Å².